The van der Waals surface area contributed by atoms with Crippen LogP contribution in [0.2, 0.25) is 5.02 Å². The standard InChI is InChI=1S/C79H107ClN24O15S/c1-52-53(2)120-79-68(52)69(55-9-11-56(80)12-10-55)88-59(70-94-93-54(3)104(70)79)47-67(108)103-28-26-102(27-29-103)32-36-117-40-44-119-43-39-116-35-31-101-24-22-100(23-25-101)30-34-115-38-42-118-41-37-114-33-20-81-64(105)13-16-85-76(111)72-91-62(50-98(72)7)89-65(106)14-17-84-75(110)61-46-58(49-97(61)6)87-78(113)73-92-63(51-99(73)8)90-66(107)15-18-83-74(109)60-45-57(48-96(60)5)86-77(112)71-82-19-21-95(71)4/h9-12,19,21,45-46,48-51,59H,13-18,20,22-44,47H2,1-8H3,(H,81,105)(H,83,109)(H,84,110)(H,85,111)(H,86,112)(H,87,113)(H,89,106)(H,90,107)/t59-/m0/s1. The molecule has 120 heavy (non-hydrogen) atoms. The molecule has 8 aromatic rings. The van der Waals surface area contributed by atoms with Crippen LogP contribution in [0.3, 0.4) is 0 Å². The first-order valence-electron chi connectivity index (χ1n) is 39.9. The Balaban J connectivity index is 0.444. The Morgan fingerprint density at radius 2 is 0.942 bits per heavy atom. The van der Waals surface area contributed by atoms with E-state index < -0.39 is 47.4 Å². The van der Waals surface area contributed by atoms with Crippen molar-refractivity contribution in [3.05, 3.63) is 141 Å². The average Bonchev–Trinajstić information content (AvgIpc) is 1.59. The van der Waals surface area contributed by atoms with Gasteiger partial charge in [-0.05, 0) is 50.6 Å². The fraction of sp³-hybridized carbons (Fsp3) is 0.506. The van der Waals surface area contributed by atoms with Gasteiger partial charge < -0.3 is 98.7 Å². The van der Waals surface area contributed by atoms with Crippen LogP contribution >= 0.6 is 22.9 Å². The molecule has 2 saturated heterocycles. The largest absolute Gasteiger partial charge is 0.378 e. The zero-order chi connectivity index (χ0) is 85.2. The molecule has 1 aromatic carbocycles. The van der Waals surface area contributed by atoms with Crippen molar-refractivity contribution in [3.8, 4) is 5.00 Å². The maximum Gasteiger partial charge on any atom is 0.291 e. The van der Waals surface area contributed by atoms with E-state index in [2.05, 4.69) is 101 Å². The third-order valence-corrected chi connectivity index (χ3v) is 21.7. The highest BCUT2D eigenvalue weighted by Gasteiger charge is 2.35. The molecule has 0 aliphatic carbocycles. The molecule has 11 rings (SSSR count). The van der Waals surface area contributed by atoms with Gasteiger partial charge in [0.25, 0.3) is 29.5 Å². The summed E-state index contributed by atoms with van der Waals surface area (Å²) >= 11 is 7.99. The molecule has 10 heterocycles. The number of aliphatic imine (C=N–C) groups is 1. The smallest absolute Gasteiger partial charge is 0.291 e. The molecule has 0 unspecified atom stereocenters. The summed E-state index contributed by atoms with van der Waals surface area (Å²) in [7, 11) is 8.06. The number of nitrogens with zero attached hydrogens (tertiary/aromatic N) is 16. The zero-order valence-corrected chi connectivity index (χ0v) is 70.6. The van der Waals surface area contributed by atoms with Crippen molar-refractivity contribution in [2.75, 3.05) is 199 Å². The van der Waals surface area contributed by atoms with Crippen LogP contribution in [0.25, 0.3) is 5.00 Å². The molecule has 0 bridgehead atoms. The number of aryl methyl sites for hydroxylation is 7. The minimum Gasteiger partial charge on any atom is -0.378 e. The van der Waals surface area contributed by atoms with Gasteiger partial charge in [-0.1, -0.05) is 23.7 Å². The van der Waals surface area contributed by atoms with Crippen LogP contribution in [0.4, 0.5) is 23.0 Å². The van der Waals surface area contributed by atoms with Crippen molar-refractivity contribution >= 4 is 105 Å². The molecule has 0 spiro atoms. The van der Waals surface area contributed by atoms with Crippen LogP contribution in [0.1, 0.15) is 118 Å². The molecule has 3 aliphatic rings. The molecule has 0 radical (unpaired) electrons. The van der Waals surface area contributed by atoms with E-state index in [1.165, 1.54) is 60.1 Å². The predicted molar refractivity (Wildman–Crippen MR) is 446 cm³/mol. The number of benzene rings is 1. The number of imidazole rings is 3. The van der Waals surface area contributed by atoms with Crippen LogP contribution in [0, 0.1) is 20.8 Å². The van der Waals surface area contributed by atoms with E-state index >= 15 is 0 Å². The normalized spacial score (nSPS) is 14.4. The van der Waals surface area contributed by atoms with E-state index in [-0.39, 0.29) is 116 Å². The van der Waals surface area contributed by atoms with Crippen molar-refractivity contribution in [2.45, 2.75) is 52.5 Å². The van der Waals surface area contributed by atoms with E-state index in [0.717, 1.165) is 92.1 Å². The molecule has 7 aromatic heterocycles. The summed E-state index contributed by atoms with van der Waals surface area (Å²) in [5.74, 6) is -2.08. The summed E-state index contributed by atoms with van der Waals surface area (Å²) in [6.45, 7) is 21.3. The van der Waals surface area contributed by atoms with Gasteiger partial charge in [0, 0.05) is 211 Å². The number of ether oxygens (including phenoxy) is 6. The summed E-state index contributed by atoms with van der Waals surface area (Å²) in [4.78, 5) is 145. The summed E-state index contributed by atoms with van der Waals surface area (Å²) in [6.07, 6.45) is 9.06. The van der Waals surface area contributed by atoms with Gasteiger partial charge in [0.1, 0.15) is 28.3 Å². The topological polar surface area (TPSA) is 425 Å². The number of piperazine rings is 2. The average molecular weight is 1700 g/mol. The third-order valence-electron chi connectivity index (χ3n) is 20.2. The Labute approximate surface area is 703 Å². The lowest BCUT2D eigenvalue weighted by molar-refractivity contribution is -0.133. The molecular weight excluding hydrogens is 1590 g/mol. The SMILES string of the molecule is Cc1sc2c(c1C)C(c1ccc(Cl)cc1)=N[C@@H](CC(=O)N1CCN(CCOCCOCCOCCN3CCN(CCOCCOCCOCCNC(=O)CCNC(=O)c4nc(NC(=O)CCNC(=O)c5cc(NC(=O)c6nc(NC(=O)CCNC(=O)c7cc(NC(=O)c8nccn8C)cn7C)cn6C)cn5C)cn4C)CC3)CC1)c1nnc(C)n1-2. The Morgan fingerprint density at radius 1 is 0.483 bits per heavy atom. The fourth-order valence-corrected chi connectivity index (χ4v) is 14.9. The van der Waals surface area contributed by atoms with Crippen molar-refractivity contribution in [2.24, 2.45) is 40.2 Å². The lowest BCUT2D eigenvalue weighted by Crippen LogP contribution is -2.49. The predicted octanol–water partition coefficient (Wildman–Crippen LogP) is 2.89. The molecule has 2 fully saturated rings. The Hall–Kier alpha value is -10.9. The van der Waals surface area contributed by atoms with Crippen LogP contribution < -0.4 is 42.5 Å². The van der Waals surface area contributed by atoms with E-state index in [0.29, 0.717) is 102 Å². The number of hydrogen-bond donors (Lipinski definition) is 8. The van der Waals surface area contributed by atoms with Crippen LogP contribution in [0.15, 0.2) is 78.6 Å². The van der Waals surface area contributed by atoms with Crippen molar-refractivity contribution < 1.29 is 71.6 Å². The van der Waals surface area contributed by atoms with Crippen LogP contribution in [-0.4, -0.2) is 308 Å². The quantitative estimate of drug-likeness (QED) is 0.0254. The maximum atomic E-state index is 13.9. The first-order valence-corrected chi connectivity index (χ1v) is 41.1. The third kappa shape index (κ3) is 25.6. The number of aromatic nitrogens is 11. The summed E-state index contributed by atoms with van der Waals surface area (Å²) in [5, 5.41) is 32.1. The Bertz CT molecular complexity index is 4870. The van der Waals surface area contributed by atoms with E-state index in [1.807, 2.05) is 36.1 Å². The number of rotatable bonds is 45. The van der Waals surface area contributed by atoms with Gasteiger partial charge in [-0.15, -0.1) is 21.5 Å². The first kappa shape index (κ1) is 89.9. The van der Waals surface area contributed by atoms with Gasteiger partial charge in [0.2, 0.25) is 35.3 Å². The van der Waals surface area contributed by atoms with Gasteiger partial charge in [-0.25, -0.2) is 15.0 Å². The van der Waals surface area contributed by atoms with E-state index in [9.17, 15) is 43.2 Å². The highest BCUT2D eigenvalue weighted by atomic mass is 35.5. The minimum atomic E-state index is -0.636. The molecule has 1 atom stereocenters. The lowest BCUT2D eigenvalue weighted by atomic mass is 9.99. The van der Waals surface area contributed by atoms with Gasteiger partial charge >= 0.3 is 0 Å². The highest BCUT2D eigenvalue weighted by molar-refractivity contribution is 7.15. The van der Waals surface area contributed by atoms with Crippen LogP contribution in [0.5, 0.6) is 0 Å². The number of fused-ring (bicyclic) bond motifs is 3. The van der Waals surface area contributed by atoms with Gasteiger partial charge in [0.05, 0.1) is 103 Å². The second kappa shape index (κ2) is 44.4. The van der Waals surface area contributed by atoms with Crippen molar-refractivity contribution in [1.82, 2.24) is 93.4 Å². The van der Waals surface area contributed by atoms with Gasteiger partial charge in [-0.2, -0.15) is 0 Å². The van der Waals surface area contributed by atoms with Gasteiger partial charge in [0.15, 0.2) is 23.3 Å². The summed E-state index contributed by atoms with van der Waals surface area (Å²) in [5.41, 5.74) is 5.04. The van der Waals surface area contributed by atoms with Crippen molar-refractivity contribution in [1.29, 1.82) is 0 Å². The number of anilines is 4. The Kier molecular flexibility index (Phi) is 33.2. The molecule has 0 saturated carbocycles. The van der Waals surface area contributed by atoms with Crippen molar-refractivity contribution in [3.63, 3.8) is 0 Å². The number of halogens is 1. The number of thiophene rings is 1. The molecule has 41 heteroatoms. The lowest BCUT2D eigenvalue weighted by Gasteiger charge is -2.35. The molecule has 8 N–H and O–H groups in total. The zero-order valence-electron chi connectivity index (χ0n) is 69.0. The second-order valence-electron chi connectivity index (χ2n) is 29.0. The highest BCUT2D eigenvalue weighted by Crippen LogP contribution is 2.40. The molecule has 3 aliphatic heterocycles. The molecular formula is C79H107ClN24O15S. The van der Waals surface area contributed by atoms with E-state index in [4.69, 9.17) is 45.0 Å². The number of carbonyl (C=O) groups is 9. The molecule has 9 amide bonds. The van der Waals surface area contributed by atoms with E-state index in [1.54, 1.807) is 63.5 Å². The number of carbonyl (C=O) groups excluding carboxylic acids is 9. The fourth-order valence-electron chi connectivity index (χ4n) is 13.6. The monoisotopic (exact) mass is 1700 g/mol. The molecule has 39 nitrogen and oxygen atoms in total. The van der Waals surface area contributed by atoms with Crippen LogP contribution in [-0.2, 0) is 82.8 Å². The number of amides is 9. The number of nitrogens with one attached hydrogen (secondary N) is 8. The summed E-state index contributed by atoms with van der Waals surface area (Å²) < 4.78 is 44.1. The molecule has 646 valence electrons. The second-order valence-corrected chi connectivity index (χ2v) is 30.6. The Morgan fingerprint density at radius 3 is 1.44 bits per heavy atom. The number of hydrogen-bond acceptors (Lipinski definition) is 25. The summed E-state index contributed by atoms with van der Waals surface area (Å²) in [6, 6.07) is 10.1. The first-order chi connectivity index (χ1) is 57.9. The minimum absolute atomic E-state index is 0.00259. The van der Waals surface area contributed by atoms with Gasteiger partial charge in [-0.3, -0.25) is 67.4 Å². The maximum absolute atomic E-state index is 13.9.